The van der Waals surface area contributed by atoms with Crippen LogP contribution in [0.5, 0.6) is 5.75 Å². The van der Waals surface area contributed by atoms with E-state index in [9.17, 15) is 8.78 Å². The van der Waals surface area contributed by atoms with Crippen LogP contribution in [0, 0.1) is 11.6 Å². The molecular weight excluding hydrogens is 305 g/mol. The highest BCUT2D eigenvalue weighted by atomic mass is 19.2. The van der Waals surface area contributed by atoms with Gasteiger partial charge >= 0.3 is 7.12 Å². The molecule has 0 radical (unpaired) electrons. The minimum absolute atomic E-state index is 0.0381. The van der Waals surface area contributed by atoms with Crippen LogP contribution in [-0.2, 0) is 14.0 Å². The maximum absolute atomic E-state index is 14.4. The van der Waals surface area contributed by atoms with Gasteiger partial charge in [-0.3, -0.25) is 0 Å². The molecule has 3 rings (SSSR count). The minimum Gasteiger partial charge on any atom is -0.485 e. The van der Waals surface area contributed by atoms with Crippen LogP contribution in [-0.4, -0.2) is 37.6 Å². The van der Waals surface area contributed by atoms with E-state index in [4.69, 9.17) is 18.8 Å². The molecule has 2 saturated heterocycles. The van der Waals surface area contributed by atoms with Crippen molar-refractivity contribution in [1.82, 2.24) is 0 Å². The molecule has 7 heteroatoms. The molecule has 126 valence electrons. The lowest BCUT2D eigenvalue weighted by molar-refractivity contribution is 0.00578. The summed E-state index contributed by atoms with van der Waals surface area (Å²) < 4.78 is 50.9. The summed E-state index contributed by atoms with van der Waals surface area (Å²) in [6, 6.07) is 2.86. The molecule has 2 fully saturated rings. The number of hydrogen-bond acceptors (Lipinski definition) is 4. The summed E-state index contributed by atoms with van der Waals surface area (Å²) in [4.78, 5) is 0. The Morgan fingerprint density at radius 2 is 1.74 bits per heavy atom. The van der Waals surface area contributed by atoms with Gasteiger partial charge in [-0.15, -0.1) is 0 Å². The zero-order valence-corrected chi connectivity index (χ0v) is 13.8. The van der Waals surface area contributed by atoms with E-state index in [-0.39, 0.29) is 17.3 Å². The Morgan fingerprint density at radius 3 is 2.30 bits per heavy atom. The van der Waals surface area contributed by atoms with Crippen LogP contribution < -0.4 is 10.2 Å². The van der Waals surface area contributed by atoms with Crippen LogP contribution in [0.2, 0.25) is 0 Å². The molecule has 0 aliphatic carbocycles. The van der Waals surface area contributed by atoms with Gasteiger partial charge < -0.3 is 18.8 Å². The Kier molecular flexibility index (Phi) is 4.15. The fraction of sp³-hybridized carbons (Fsp3) is 0.625. The van der Waals surface area contributed by atoms with Crippen LogP contribution in [0.15, 0.2) is 12.1 Å². The van der Waals surface area contributed by atoms with Crippen molar-refractivity contribution in [2.24, 2.45) is 0 Å². The van der Waals surface area contributed by atoms with E-state index in [0.29, 0.717) is 19.6 Å². The van der Waals surface area contributed by atoms with Crippen LogP contribution in [0.3, 0.4) is 0 Å². The first-order chi connectivity index (χ1) is 10.7. The number of ether oxygens (including phenoxy) is 2. The molecule has 0 spiro atoms. The van der Waals surface area contributed by atoms with Gasteiger partial charge in [0.05, 0.1) is 24.4 Å². The molecule has 1 aromatic carbocycles. The monoisotopic (exact) mass is 326 g/mol. The lowest BCUT2D eigenvalue weighted by Gasteiger charge is -2.32. The molecule has 0 saturated carbocycles. The van der Waals surface area contributed by atoms with Gasteiger partial charge in [-0.25, -0.2) is 4.39 Å². The van der Waals surface area contributed by atoms with Crippen molar-refractivity contribution in [2.75, 3.05) is 13.2 Å². The SMILES string of the molecule is CC1(C)OB(c2ccc(OC3CCOC3)c(F)c2F)OC1(C)C. The lowest BCUT2D eigenvalue weighted by Crippen LogP contribution is -2.41. The van der Waals surface area contributed by atoms with Gasteiger partial charge in [0.15, 0.2) is 17.4 Å². The Labute approximate surface area is 135 Å². The third-order valence-corrected chi connectivity index (χ3v) is 4.77. The Balaban J connectivity index is 1.83. The van der Waals surface area contributed by atoms with Crippen LogP contribution >= 0.6 is 0 Å². The molecule has 0 N–H and O–H groups in total. The maximum Gasteiger partial charge on any atom is 0.497 e. The van der Waals surface area contributed by atoms with E-state index in [2.05, 4.69) is 0 Å². The third kappa shape index (κ3) is 2.97. The molecule has 0 amide bonds. The Morgan fingerprint density at radius 1 is 1.09 bits per heavy atom. The van der Waals surface area contributed by atoms with Gasteiger partial charge in [0.25, 0.3) is 0 Å². The number of hydrogen-bond donors (Lipinski definition) is 0. The second-order valence-corrected chi connectivity index (χ2v) is 6.97. The summed E-state index contributed by atoms with van der Waals surface area (Å²) in [5.41, 5.74) is -1.19. The summed E-state index contributed by atoms with van der Waals surface area (Å²) in [6.45, 7) is 8.40. The average molecular weight is 326 g/mol. The first kappa shape index (κ1) is 16.7. The van der Waals surface area contributed by atoms with Crippen molar-refractivity contribution in [3.63, 3.8) is 0 Å². The van der Waals surface area contributed by atoms with Crippen molar-refractivity contribution < 1.29 is 27.6 Å². The third-order valence-electron chi connectivity index (χ3n) is 4.77. The van der Waals surface area contributed by atoms with Crippen LogP contribution in [0.25, 0.3) is 0 Å². The summed E-state index contributed by atoms with van der Waals surface area (Å²) in [5, 5.41) is 0. The smallest absolute Gasteiger partial charge is 0.485 e. The Hall–Kier alpha value is -1.18. The predicted molar refractivity (Wildman–Crippen MR) is 81.9 cm³/mol. The summed E-state index contributed by atoms with van der Waals surface area (Å²) in [5.74, 6) is -2.14. The van der Waals surface area contributed by atoms with Gasteiger partial charge in [0.1, 0.15) is 6.10 Å². The highest BCUT2D eigenvalue weighted by Gasteiger charge is 2.52. The molecule has 4 nitrogen and oxygen atoms in total. The molecule has 2 aliphatic heterocycles. The zero-order valence-electron chi connectivity index (χ0n) is 13.8. The van der Waals surface area contributed by atoms with Crippen LogP contribution in [0.1, 0.15) is 34.1 Å². The van der Waals surface area contributed by atoms with E-state index in [0.717, 1.165) is 0 Å². The maximum atomic E-state index is 14.4. The summed E-state index contributed by atoms with van der Waals surface area (Å²) in [7, 11) is -0.946. The fourth-order valence-electron chi connectivity index (χ4n) is 2.58. The second-order valence-electron chi connectivity index (χ2n) is 6.97. The topological polar surface area (TPSA) is 36.9 Å². The molecule has 23 heavy (non-hydrogen) atoms. The van der Waals surface area contributed by atoms with Gasteiger partial charge in [0.2, 0.25) is 0 Å². The fourth-order valence-corrected chi connectivity index (χ4v) is 2.58. The number of rotatable bonds is 3. The van der Waals surface area contributed by atoms with E-state index < -0.39 is 30.0 Å². The van der Waals surface area contributed by atoms with Gasteiger partial charge in [-0.2, -0.15) is 4.39 Å². The normalized spacial score (nSPS) is 25.8. The summed E-state index contributed by atoms with van der Waals surface area (Å²) in [6.07, 6.45) is 0.423. The molecule has 1 aromatic rings. The Bertz CT molecular complexity index is 584. The molecule has 0 aromatic heterocycles. The summed E-state index contributed by atoms with van der Waals surface area (Å²) >= 11 is 0. The quantitative estimate of drug-likeness (QED) is 0.800. The van der Waals surface area contributed by atoms with Crippen molar-refractivity contribution in [1.29, 1.82) is 0 Å². The molecule has 1 atom stereocenters. The number of benzene rings is 1. The highest BCUT2D eigenvalue weighted by Crippen LogP contribution is 2.37. The standard InChI is InChI=1S/C16H21BF2O4/c1-15(2)16(3,4)23-17(22-15)11-5-6-12(14(19)13(11)18)21-10-7-8-20-9-10/h5-6,10H,7-9H2,1-4H3. The first-order valence-electron chi connectivity index (χ1n) is 7.79. The lowest BCUT2D eigenvalue weighted by atomic mass is 9.78. The molecule has 2 heterocycles. The largest absolute Gasteiger partial charge is 0.497 e. The average Bonchev–Trinajstić information content (AvgIpc) is 3.02. The van der Waals surface area contributed by atoms with Gasteiger partial charge in [-0.1, -0.05) is 6.07 Å². The highest BCUT2D eigenvalue weighted by molar-refractivity contribution is 6.62. The van der Waals surface area contributed by atoms with Gasteiger partial charge in [-0.05, 0) is 33.8 Å². The van der Waals surface area contributed by atoms with E-state index in [1.165, 1.54) is 12.1 Å². The van der Waals surface area contributed by atoms with E-state index in [1.807, 2.05) is 27.7 Å². The van der Waals surface area contributed by atoms with Crippen molar-refractivity contribution in [2.45, 2.75) is 51.4 Å². The predicted octanol–water partition coefficient (Wildman–Crippen LogP) is 2.43. The first-order valence-corrected chi connectivity index (χ1v) is 7.79. The molecule has 2 aliphatic rings. The van der Waals surface area contributed by atoms with E-state index in [1.54, 1.807) is 0 Å². The van der Waals surface area contributed by atoms with Crippen LogP contribution in [0.4, 0.5) is 8.78 Å². The van der Waals surface area contributed by atoms with Crippen molar-refractivity contribution in [3.05, 3.63) is 23.8 Å². The van der Waals surface area contributed by atoms with Crippen molar-refractivity contribution in [3.8, 4) is 5.75 Å². The zero-order chi connectivity index (χ0) is 16.8. The molecule has 1 unspecified atom stereocenters. The molecule has 0 bridgehead atoms. The minimum atomic E-state index is -1.02. The van der Waals surface area contributed by atoms with Gasteiger partial charge in [0, 0.05) is 11.9 Å². The second kappa shape index (κ2) is 5.72. The van der Waals surface area contributed by atoms with E-state index >= 15 is 0 Å². The number of halogens is 2. The molecular formula is C16H21BF2O4. The van der Waals surface area contributed by atoms with Crippen molar-refractivity contribution >= 4 is 12.6 Å².